The highest BCUT2D eigenvalue weighted by molar-refractivity contribution is 9.10. The van der Waals surface area contributed by atoms with Gasteiger partial charge in [0.1, 0.15) is 0 Å². The summed E-state index contributed by atoms with van der Waals surface area (Å²) in [7, 11) is 0.424. The maximum atomic E-state index is 13.6. The highest BCUT2D eigenvalue weighted by Gasteiger charge is 2.31. The van der Waals surface area contributed by atoms with Crippen LogP contribution >= 0.6 is 39.7 Å². The minimum atomic E-state index is -3.58. The molecule has 1 unspecified atom stereocenters. The molecule has 36 heavy (non-hydrogen) atoms. The summed E-state index contributed by atoms with van der Waals surface area (Å²) < 4.78 is 29.9. The van der Waals surface area contributed by atoms with E-state index < -0.39 is 10.0 Å². The Bertz CT molecular complexity index is 1300. The molecule has 0 N–H and O–H groups in total. The Morgan fingerprint density at radius 2 is 1.86 bits per heavy atom. The zero-order chi connectivity index (χ0) is 25.2. The van der Waals surface area contributed by atoms with Crippen LogP contribution in [0.25, 0.3) is 10.2 Å². The van der Waals surface area contributed by atoms with Gasteiger partial charge in [-0.25, -0.2) is 13.4 Å². The largest absolute Gasteiger partial charge is 0.309 e. The van der Waals surface area contributed by atoms with E-state index in [-0.39, 0.29) is 29.3 Å². The van der Waals surface area contributed by atoms with Gasteiger partial charge >= 0.3 is 0 Å². The van der Waals surface area contributed by atoms with Crippen LogP contribution in [0.15, 0.2) is 51.8 Å². The van der Waals surface area contributed by atoms with Gasteiger partial charge in [0.15, 0.2) is 5.13 Å². The van der Waals surface area contributed by atoms with Crippen molar-refractivity contribution in [1.29, 1.82) is 0 Å². The molecule has 4 rings (SSSR count). The second kappa shape index (κ2) is 12.3. The number of fused-ring (bicyclic) bond motifs is 1. The van der Waals surface area contributed by atoms with Gasteiger partial charge in [-0.2, -0.15) is 4.31 Å². The Kier molecular flexibility index (Phi) is 9.93. The van der Waals surface area contributed by atoms with Crippen molar-refractivity contribution in [3.63, 3.8) is 0 Å². The Morgan fingerprint density at radius 1 is 1.14 bits per heavy atom. The molecule has 196 valence electrons. The number of sulfonamides is 1. The number of thiazole rings is 1. The van der Waals surface area contributed by atoms with E-state index in [4.69, 9.17) is 4.98 Å². The van der Waals surface area contributed by atoms with Gasteiger partial charge in [-0.3, -0.25) is 9.69 Å². The number of rotatable bonds is 8. The predicted octanol–water partition coefficient (Wildman–Crippen LogP) is 5.64. The van der Waals surface area contributed by atoms with Crippen LogP contribution in [-0.4, -0.2) is 68.3 Å². The SMILES string of the molecule is CC1CCCCN1S(=O)(=O)c1ccc(C(=O)N(CCCN(C)C)c2nc3ccc(Br)cc3s2)cc1.Cl. The number of piperidine rings is 1. The Morgan fingerprint density at radius 3 is 2.53 bits per heavy atom. The van der Waals surface area contributed by atoms with E-state index in [0.717, 1.165) is 46.9 Å². The van der Waals surface area contributed by atoms with E-state index in [2.05, 4.69) is 20.8 Å². The van der Waals surface area contributed by atoms with Crippen LogP contribution in [0, 0.1) is 0 Å². The van der Waals surface area contributed by atoms with Gasteiger partial charge in [0.25, 0.3) is 5.91 Å². The predicted molar refractivity (Wildman–Crippen MR) is 153 cm³/mol. The number of anilines is 1. The van der Waals surface area contributed by atoms with Crippen LogP contribution in [0.4, 0.5) is 5.13 Å². The van der Waals surface area contributed by atoms with Crippen molar-refractivity contribution in [2.75, 3.05) is 38.6 Å². The molecule has 0 radical (unpaired) electrons. The lowest BCUT2D eigenvalue weighted by Crippen LogP contribution is -2.41. The van der Waals surface area contributed by atoms with Crippen molar-refractivity contribution in [2.45, 2.75) is 43.5 Å². The van der Waals surface area contributed by atoms with Gasteiger partial charge in [-0.05, 0) is 89.3 Å². The maximum absolute atomic E-state index is 13.6. The number of carbonyl (C=O) groups is 1. The van der Waals surface area contributed by atoms with Crippen LogP contribution in [0.3, 0.4) is 0 Å². The molecule has 1 aliphatic rings. The molecule has 1 aliphatic heterocycles. The number of amides is 1. The Labute approximate surface area is 232 Å². The third kappa shape index (κ3) is 6.46. The topological polar surface area (TPSA) is 73.8 Å². The first-order chi connectivity index (χ1) is 16.7. The van der Waals surface area contributed by atoms with Gasteiger partial charge in [0.2, 0.25) is 10.0 Å². The van der Waals surface area contributed by atoms with Crippen molar-refractivity contribution in [1.82, 2.24) is 14.2 Å². The molecule has 2 aromatic carbocycles. The van der Waals surface area contributed by atoms with E-state index in [1.807, 2.05) is 39.2 Å². The minimum absolute atomic E-state index is 0. The molecule has 1 amide bonds. The minimum Gasteiger partial charge on any atom is -0.309 e. The molecule has 1 saturated heterocycles. The van der Waals surface area contributed by atoms with Crippen LogP contribution < -0.4 is 4.90 Å². The summed E-state index contributed by atoms with van der Waals surface area (Å²) in [5, 5.41) is 0.640. The Hall–Kier alpha value is -1.56. The van der Waals surface area contributed by atoms with Gasteiger partial charge in [0.05, 0.1) is 15.1 Å². The molecule has 1 fully saturated rings. The molecule has 3 aromatic rings. The quantitative estimate of drug-likeness (QED) is 0.328. The molecule has 7 nitrogen and oxygen atoms in total. The summed E-state index contributed by atoms with van der Waals surface area (Å²) >= 11 is 4.97. The smallest absolute Gasteiger partial charge is 0.260 e. The summed E-state index contributed by atoms with van der Waals surface area (Å²) in [4.78, 5) is 22.3. The number of hydrogen-bond acceptors (Lipinski definition) is 6. The van der Waals surface area contributed by atoms with Crippen LogP contribution in [0.2, 0.25) is 0 Å². The van der Waals surface area contributed by atoms with Gasteiger partial charge in [0, 0.05) is 29.2 Å². The molecule has 11 heteroatoms. The van der Waals surface area contributed by atoms with E-state index in [1.54, 1.807) is 33.5 Å². The standard InChI is InChI=1S/C25H31BrN4O3S2.ClH/c1-18-7-4-5-16-30(18)35(32,33)21-11-8-19(9-12-21)24(31)29(15-6-14-28(2)3)25-27-22-13-10-20(26)17-23(22)34-25;/h8-13,17-18H,4-7,14-16H2,1-3H3;1H. The van der Waals surface area contributed by atoms with Crippen molar-refractivity contribution in [3.05, 3.63) is 52.5 Å². The van der Waals surface area contributed by atoms with Crippen molar-refractivity contribution in [3.8, 4) is 0 Å². The van der Waals surface area contributed by atoms with Crippen LogP contribution in [0.1, 0.15) is 43.0 Å². The van der Waals surface area contributed by atoms with Crippen molar-refractivity contribution < 1.29 is 13.2 Å². The average molecular weight is 616 g/mol. The normalized spacial score (nSPS) is 16.8. The lowest BCUT2D eigenvalue weighted by Gasteiger charge is -2.32. The molecule has 0 bridgehead atoms. The summed E-state index contributed by atoms with van der Waals surface area (Å²) in [5.74, 6) is -0.183. The molecule has 0 aliphatic carbocycles. The molecule has 0 spiro atoms. The molecule has 2 heterocycles. The number of hydrogen-bond donors (Lipinski definition) is 0. The van der Waals surface area contributed by atoms with E-state index >= 15 is 0 Å². The molecular weight excluding hydrogens is 584 g/mol. The van der Waals surface area contributed by atoms with Crippen LogP contribution in [-0.2, 0) is 10.0 Å². The Balaban J connectivity index is 0.00000361. The fourth-order valence-corrected chi connectivity index (χ4v) is 7.56. The highest BCUT2D eigenvalue weighted by atomic mass is 79.9. The average Bonchev–Trinajstić information content (AvgIpc) is 3.24. The third-order valence-corrected chi connectivity index (χ3v) is 9.81. The van der Waals surface area contributed by atoms with Crippen molar-refractivity contribution >= 4 is 71.0 Å². The fourth-order valence-electron chi connectivity index (χ4n) is 4.32. The van der Waals surface area contributed by atoms with Crippen molar-refractivity contribution in [2.24, 2.45) is 0 Å². The number of carbonyl (C=O) groups excluding carboxylic acids is 1. The number of aromatic nitrogens is 1. The first-order valence-electron chi connectivity index (χ1n) is 11.8. The number of nitrogens with zero attached hydrogens (tertiary/aromatic N) is 4. The van der Waals surface area contributed by atoms with Crippen LogP contribution in [0.5, 0.6) is 0 Å². The second-order valence-corrected chi connectivity index (χ2v) is 13.0. The summed E-state index contributed by atoms with van der Waals surface area (Å²) in [6.07, 6.45) is 3.59. The van der Waals surface area contributed by atoms with Gasteiger partial charge in [-0.15, -0.1) is 12.4 Å². The molecule has 1 atom stereocenters. The maximum Gasteiger partial charge on any atom is 0.260 e. The monoisotopic (exact) mass is 614 g/mol. The zero-order valence-electron chi connectivity index (χ0n) is 20.7. The molecule has 1 aromatic heterocycles. The fraction of sp³-hybridized carbons (Fsp3) is 0.440. The summed E-state index contributed by atoms with van der Waals surface area (Å²) in [5.41, 5.74) is 1.29. The molecule has 0 saturated carbocycles. The first kappa shape index (κ1) is 29.0. The first-order valence-corrected chi connectivity index (χ1v) is 14.9. The second-order valence-electron chi connectivity index (χ2n) is 9.21. The third-order valence-electron chi connectivity index (χ3n) is 6.25. The van der Waals surface area contributed by atoms with E-state index in [1.165, 1.54) is 11.3 Å². The molecular formula is C25H32BrClN4O3S2. The van der Waals surface area contributed by atoms with Gasteiger partial charge in [-0.1, -0.05) is 33.7 Å². The zero-order valence-corrected chi connectivity index (χ0v) is 24.7. The lowest BCUT2D eigenvalue weighted by atomic mass is 10.1. The lowest BCUT2D eigenvalue weighted by molar-refractivity contribution is 0.0986. The van der Waals surface area contributed by atoms with Gasteiger partial charge < -0.3 is 4.90 Å². The summed E-state index contributed by atoms with van der Waals surface area (Å²) in [6, 6.07) is 12.2. The van der Waals surface area contributed by atoms with E-state index in [9.17, 15) is 13.2 Å². The van der Waals surface area contributed by atoms with E-state index in [0.29, 0.717) is 23.8 Å². The summed E-state index contributed by atoms with van der Waals surface area (Å²) in [6.45, 7) is 3.85. The number of benzene rings is 2. The highest BCUT2D eigenvalue weighted by Crippen LogP contribution is 2.32. The number of halogens is 2.